The van der Waals surface area contributed by atoms with Crippen molar-refractivity contribution in [3.8, 4) is 0 Å². The standard InChI is InChI=1S/C10H15NO3/c12-9(5-10(13)14)11-8-4-6-1-2-7(8)3-6/h6-8H,1-5H2,(H,11,12)(H,13,14). The average Bonchev–Trinajstić information content (AvgIpc) is 2.62. The van der Waals surface area contributed by atoms with Crippen molar-refractivity contribution in [2.45, 2.75) is 38.1 Å². The van der Waals surface area contributed by atoms with E-state index in [0.29, 0.717) is 5.92 Å². The molecule has 2 saturated carbocycles. The Kier molecular flexibility index (Phi) is 2.44. The second-order valence-electron chi connectivity index (χ2n) is 4.42. The first-order chi connectivity index (χ1) is 6.65. The van der Waals surface area contributed by atoms with Crippen LogP contribution < -0.4 is 5.32 Å². The van der Waals surface area contributed by atoms with Gasteiger partial charge in [-0.25, -0.2) is 0 Å². The Bertz CT molecular complexity index is 264. The molecule has 0 aromatic rings. The quantitative estimate of drug-likeness (QED) is 0.656. The molecular formula is C10H15NO3. The summed E-state index contributed by atoms with van der Waals surface area (Å²) in [5.74, 6) is -0.00595. The summed E-state index contributed by atoms with van der Waals surface area (Å²) in [6.45, 7) is 0. The molecule has 0 saturated heterocycles. The normalized spacial score (nSPS) is 34.4. The van der Waals surface area contributed by atoms with Gasteiger partial charge in [0.1, 0.15) is 6.42 Å². The lowest BCUT2D eigenvalue weighted by Crippen LogP contribution is -2.39. The molecule has 2 aliphatic carbocycles. The molecule has 4 heteroatoms. The summed E-state index contributed by atoms with van der Waals surface area (Å²) in [6.07, 6.45) is 4.36. The third-order valence-electron chi connectivity index (χ3n) is 3.40. The molecule has 78 valence electrons. The van der Waals surface area contributed by atoms with Gasteiger partial charge in [0.15, 0.2) is 0 Å². The van der Waals surface area contributed by atoms with Crippen molar-refractivity contribution in [2.24, 2.45) is 11.8 Å². The van der Waals surface area contributed by atoms with Gasteiger partial charge in [-0.1, -0.05) is 6.42 Å². The van der Waals surface area contributed by atoms with Crippen LogP contribution in [0.15, 0.2) is 0 Å². The summed E-state index contributed by atoms with van der Waals surface area (Å²) in [5.41, 5.74) is 0. The van der Waals surface area contributed by atoms with Gasteiger partial charge in [0, 0.05) is 6.04 Å². The molecule has 4 nitrogen and oxygen atoms in total. The molecule has 3 unspecified atom stereocenters. The smallest absolute Gasteiger partial charge is 0.312 e. The van der Waals surface area contributed by atoms with Crippen LogP contribution in [0.2, 0.25) is 0 Å². The van der Waals surface area contributed by atoms with Crippen LogP contribution in [0.4, 0.5) is 0 Å². The molecule has 2 rings (SSSR count). The zero-order chi connectivity index (χ0) is 10.1. The largest absolute Gasteiger partial charge is 0.481 e. The number of fused-ring (bicyclic) bond motifs is 2. The third-order valence-corrected chi connectivity index (χ3v) is 3.40. The third kappa shape index (κ3) is 1.89. The Morgan fingerprint density at radius 1 is 1.29 bits per heavy atom. The van der Waals surface area contributed by atoms with Gasteiger partial charge in [-0.3, -0.25) is 9.59 Å². The van der Waals surface area contributed by atoms with Crippen molar-refractivity contribution >= 4 is 11.9 Å². The zero-order valence-corrected chi connectivity index (χ0v) is 8.03. The van der Waals surface area contributed by atoms with Gasteiger partial charge in [0.25, 0.3) is 0 Å². The lowest BCUT2D eigenvalue weighted by molar-refractivity contribution is -0.140. The van der Waals surface area contributed by atoms with Crippen LogP contribution in [-0.4, -0.2) is 23.0 Å². The van der Waals surface area contributed by atoms with Crippen LogP contribution in [0.25, 0.3) is 0 Å². The number of carbonyl (C=O) groups is 2. The van der Waals surface area contributed by atoms with E-state index in [1.165, 1.54) is 19.3 Å². The molecule has 2 N–H and O–H groups in total. The summed E-state index contributed by atoms with van der Waals surface area (Å²) in [7, 11) is 0. The highest BCUT2D eigenvalue weighted by Crippen LogP contribution is 2.44. The molecule has 0 radical (unpaired) electrons. The number of amides is 1. The van der Waals surface area contributed by atoms with E-state index in [1.807, 2.05) is 0 Å². The van der Waals surface area contributed by atoms with Crippen molar-refractivity contribution in [3.63, 3.8) is 0 Å². The van der Waals surface area contributed by atoms with Gasteiger partial charge in [0.05, 0.1) is 0 Å². The maximum atomic E-state index is 11.2. The molecule has 1 amide bonds. The molecular weight excluding hydrogens is 182 g/mol. The van der Waals surface area contributed by atoms with Crippen LogP contribution in [0.3, 0.4) is 0 Å². The molecule has 0 aromatic heterocycles. The fraction of sp³-hybridized carbons (Fsp3) is 0.800. The number of aliphatic carboxylic acids is 1. The summed E-state index contributed by atoms with van der Waals surface area (Å²) in [5, 5.41) is 11.3. The minimum atomic E-state index is -1.05. The van der Waals surface area contributed by atoms with Crippen LogP contribution in [0.5, 0.6) is 0 Å². The number of hydrogen-bond acceptors (Lipinski definition) is 2. The predicted octanol–water partition coefficient (Wildman–Crippen LogP) is 0.766. The Balaban J connectivity index is 1.81. The van der Waals surface area contributed by atoms with Gasteiger partial charge in [-0.2, -0.15) is 0 Å². The van der Waals surface area contributed by atoms with Crippen LogP contribution in [-0.2, 0) is 9.59 Å². The fourth-order valence-corrected chi connectivity index (χ4v) is 2.82. The second kappa shape index (κ2) is 3.59. The van der Waals surface area contributed by atoms with Gasteiger partial charge in [0.2, 0.25) is 5.91 Å². The van der Waals surface area contributed by atoms with E-state index in [1.54, 1.807) is 0 Å². The molecule has 2 fully saturated rings. The number of carboxylic acids is 1. The molecule has 0 heterocycles. The van der Waals surface area contributed by atoms with Crippen molar-refractivity contribution in [2.75, 3.05) is 0 Å². The fourth-order valence-electron chi connectivity index (χ4n) is 2.82. The highest BCUT2D eigenvalue weighted by atomic mass is 16.4. The van der Waals surface area contributed by atoms with Crippen molar-refractivity contribution in [3.05, 3.63) is 0 Å². The van der Waals surface area contributed by atoms with Crippen molar-refractivity contribution in [1.82, 2.24) is 5.32 Å². The maximum Gasteiger partial charge on any atom is 0.312 e. The molecule has 0 spiro atoms. The number of hydrogen-bond donors (Lipinski definition) is 2. The SMILES string of the molecule is O=C(O)CC(=O)NC1CC2CCC1C2. The average molecular weight is 197 g/mol. The lowest BCUT2D eigenvalue weighted by atomic mass is 9.95. The van der Waals surface area contributed by atoms with Crippen LogP contribution in [0.1, 0.15) is 32.1 Å². The van der Waals surface area contributed by atoms with E-state index in [2.05, 4.69) is 5.32 Å². The van der Waals surface area contributed by atoms with Crippen molar-refractivity contribution < 1.29 is 14.7 Å². The molecule has 2 aliphatic rings. The highest BCUT2D eigenvalue weighted by Gasteiger charge is 2.40. The Labute approximate surface area is 82.7 Å². The van der Waals surface area contributed by atoms with Crippen molar-refractivity contribution in [1.29, 1.82) is 0 Å². The molecule has 2 bridgehead atoms. The topological polar surface area (TPSA) is 66.4 Å². The lowest BCUT2D eigenvalue weighted by Gasteiger charge is -2.22. The Morgan fingerprint density at radius 3 is 2.57 bits per heavy atom. The summed E-state index contributed by atoms with van der Waals surface area (Å²) in [4.78, 5) is 21.5. The van der Waals surface area contributed by atoms with E-state index < -0.39 is 12.4 Å². The van der Waals surface area contributed by atoms with Crippen LogP contribution >= 0.6 is 0 Å². The number of nitrogens with one attached hydrogen (secondary N) is 1. The summed E-state index contributed by atoms with van der Waals surface area (Å²) < 4.78 is 0. The van der Waals surface area contributed by atoms with Gasteiger partial charge in [-0.15, -0.1) is 0 Å². The van der Waals surface area contributed by atoms with Gasteiger partial charge >= 0.3 is 5.97 Å². The predicted molar refractivity (Wildman–Crippen MR) is 49.6 cm³/mol. The summed E-state index contributed by atoms with van der Waals surface area (Å²) >= 11 is 0. The van der Waals surface area contributed by atoms with Crippen LogP contribution in [0, 0.1) is 11.8 Å². The molecule has 0 aromatic carbocycles. The first-order valence-electron chi connectivity index (χ1n) is 5.16. The molecule has 3 atom stereocenters. The maximum absolute atomic E-state index is 11.2. The Hall–Kier alpha value is -1.06. The molecule has 0 aliphatic heterocycles. The number of rotatable bonds is 3. The van der Waals surface area contributed by atoms with E-state index >= 15 is 0 Å². The second-order valence-corrected chi connectivity index (χ2v) is 4.42. The van der Waals surface area contributed by atoms with E-state index in [-0.39, 0.29) is 11.9 Å². The minimum absolute atomic E-state index is 0.251. The van der Waals surface area contributed by atoms with Gasteiger partial charge in [-0.05, 0) is 31.1 Å². The monoisotopic (exact) mass is 197 g/mol. The number of carboxylic acid groups (broad SMARTS) is 1. The minimum Gasteiger partial charge on any atom is -0.481 e. The summed E-state index contributed by atoms with van der Waals surface area (Å²) in [6, 6.07) is 0.251. The first kappa shape index (κ1) is 9.49. The van der Waals surface area contributed by atoms with E-state index in [0.717, 1.165) is 12.3 Å². The van der Waals surface area contributed by atoms with E-state index in [9.17, 15) is 9.59 Å². The van der Waals surface area contributed by atoms with E-state index in [4.69, 9.17) is 5.11 Å². The molecule has 14 heavy (non-hydrogen) atoms. The first-order valence-corrected chi connectivity index (χ1v) is 5.16. The number of carbonyl (C=O) groups excluding carboxylic acids is 1. The highest BCUT2D eigenvalue weighted by molar-refractivity contribution is 5.93. The van der Waals surface area contributed by atoms with Gasteiger partial charge < -0.3 is 10.4 Å². The Morgan fingerprint density at radius 2 is 2.07 bits per heavy atom. The zero-order valence-electron chi connectivity index (χ0n) is 8.03.